The summed E-state index contributed by atoms with van der Waals surface area (Å²) in [6, 6.07) is 27.0. The third kappa shape index (κ3) is 3.93. The zero-order valence-electron chi connectivity index (χ0n) is 15.8. The van der Waals surface area contributed by atoms with E-state index in [-0.39, 0.29) is 5.78 Å². The van der Waals surface area contributed by atoms with Crippen LogP contribution in [0.3, 0.4) is 0 Å². The van der Waals surface area contributed by atoms with E-state index in [2.05, 4.69) is 27.6 Å². The van der Waals surface area contributed by atoms with Crippen LogP contribution in [0, 0.1) is 3.57 Å². The molecule has 1 heterocycles. The summed E-state index contributed by atoms with van der Waals surface area (Å²) in [6.07, 6.45) is 1.82. The predicted octanol–water partition coefficient (Wildman–Crippen LogP) is 6.26. The predicted molar refractivity (Wildman–Crippen MR) is 124 cm³/mol. The number of rotatable bonds is 5. The van der Waals surface area contributed by atoms with E-state index in [1.54, 1.807) is 7.11 Å². The molecule has 0 aliphatic carbocycles. The molecule has 0 aliphatic heterocycles. The summed E-state index contributed by atoms with van der Waals surface area (Å²) < 4.78 is 6.21. The SMILES string of the molecule is COc1ccc(-c2ncc(I)c(-c3ccccc3)c2C(=O)c2ccccc2)cc1. The number of carbonyl (C=O) groups is 1. The second kappa shape index (κ2) is 8.57. The topological polar surface area (TPSA) is 39.2 Å². The highest BCUT2D eigenvalue weighted by atomic mass is 127. The lowest BCUT2D eigenvalue weighted by molar-refractivity contribution is 0.103. The molecule has 4 rings (SSSR count). The van der Waals surface area contributed by atoms with Crippen molar-refractivity contribution in [3.8, 4) is 28.1 Å². The first-order valence-electron chi connectivity index (χ1n) is 9.17. The third-order valence-electron chi connectivity index (χ3n) is 4.72. The highest BCUT2D eigenvalue weighted by Gasteiger charge is 2.23. The molecule has 0 saturated carbocycles. The van der Waals surface area contributed by atoms with Crippen LogP contribution in [-0.4, -0.2) is 17.9 Å². The van der Waals surface area contributed by atoms with Gasteiger partial charge in [-0.2, -0.15) is 0 Å². The third-order valence-corrected chi connectivity index (χ3v) is 5.54. The fraction of sp³-hybridized carbons (Fsp3) is 0.0400. The van der Waals surface area contributed by atoms with E-state index in [1.807, 2.05) is 91.1 Å². The molecule has 0 bridgehead atoms. The van der Waals surface area contributed by atoms with Crippen LogP contribution in [-0.2, 0) is 0 Å². The Balaban J connectivity index is 1.99. The molecule has 0 amide bonds. The molecule has 0 unspecified atom stereocenters. The Morgan fingerprint density at radius 1 is 0.828 bits per heavy atom. The van der Waals surface area contributed by atoms with Gasteiger partial charge in [0.05, 0.1) is 18.4 Å². The number of halogens is 1. The van der Waals surface area contributed by atoms with Crippen molar-refractivity contribution >= 4 is 28.4 Å². The second-order valence-electron chi connectivity index (χ2n) is 6.49. The van der Waals surface area contributed by atoms with Crippen LogP contribution in [0.4, 0.5) is 0 Å². The van der Waals surface area contributed by atoms with Gasteiger partial charge in [0.1, 0.15) is 5.75 Å². The van der Waals surface area contributed by atoms with Crippen molar-refractivity contribution in [1.82, 2.24) is 4.98 Å². The Kier molecular flexibility index (Phi) is 5.71. The van der Waals surface area contributed by atoms with E-state index in [0.717, 1.165) is 26.0 Å². The van der Waals surface area contributed by atoms with Crippen molar-refractivity contribution in [3.63, 3.8) is 0 Å². The van der Waals surface area contributed by atoms with Gasteiger partial charge in [-0.05, 0) is 52.4 Å². The molecule has 0 spiro atoms. The van der Waals surface area contributed by atoms with Gasteiger partial charge in [-0.15, -0.1) is 0 Å². The minimum absolute atomic E-state index is 0.0405. The van der Waals surface area contributed by atoms with E-state index in [9.17, 15) is 4.79 Å². The Morgan fingerprint density at radius 3 is 2.07 bits per heavy atom. The summed E-state index contributed by atoms with van der Waals surface area (Å²) in [5.41, 5.74) is 4.69. The van der Waals surface area contributed by atoms with Gasteiger partial charge < -0.3 is 4.74 Å². The summed E-state index contributed by atoms with van der Waals surface area (Å²) in [5.74, 6) is 0.722. The normalized spacial score (nSPS) is 10.6. The van der Waals surface area contributed by atoms with Crippen LogP contribution in [0.2, 0.25) is 0 Å². The summed E-state index contributed by atoms with van der Waals surface area (Å²) in [5, 5.41) is 0. The van der Waals surface area contributed by atoms with E-state index in [4.69, 9.17) is 4.74 Å². The average Bonchev–Trinajstić information content (AvgIpc) is 2.79. The Bertz CT molecular complexity index is 1140. The summed E-state index contributed by atoms with van der Waals surface area (Å²) >= 11 is 2.25. The van der Waals surface area contributed by atoms with Crippen molar-refractivity contribution in [2.75, 3.05) is 7.11 Å². The second-order valence-corrected chi connectivity index (χ2v) is 7.66. The van der Waals surface area contributed by atoms with Gasteiger partial charge in [0, 0.05) is 26.5 Å². The first-order chi connectivity index (χ1) is 14.2. The molecule has 4 aromatic rings. The average molecular weight is 491 g/mol. The molecule has 1 aromatic heterocycles. The molecular weight excluding hydrogens is 473 g/mol. The lowest BCUT2D eigenvalue weighted by Crippen LogP contribution is -2.09. The van der Waals surface area contributed by atoms with Gasteiger partial charge in [0.25, 0.3) is 0 Å². The summed E-state index contributed by atoms with van der Waals surface area (Å²) in [7, 11) is 1.63. The quantitative estimate of drug-likeness (QED) is 0.245. The fourth-order valence-corrected chi connectivity index (χ4v) is 4.02. The first kappa shape index (κ1) is 19.3. The van der Waals surface area contributed by atoms with Crippen LogP contribution in [0.25, 0.3) is 22.4 Å². The minimum atomic E-state index is -0.0405. The highest BCUT2D eigenvalue weighted by Crippen LogP contribution is 2.36. The van der Waals surface area contributed by atoms with Gasteiger partial charge in [0.15, 0.2) is 5.78 Å². The van der Waals surface area contributed by atoms with Crippen molar-refractivity contribution < 1.29 is 9.53 Å². The molecule has 29 heavy (non-hydrogen) atoms. The molecule has 0 radical (unpaired) electrons. The summed E-state index contributed by atoms with van der Waals surface area (Å²) in [4.78, 5) is 18.3. The van der Waals surface area contributed by atoms with E-state index >= 15 is 0 Å². The standard InChI is InChI=1S/C25H18INO2/c1-29-20-14-12-18(13-15-20)24-23(25(28)19-10-6-3-7-11-19)22(21(26)16-27-24)17-8-4-2-5-9-17/h2-16H,1H3. The molecular formula is C25H18INO2. The molecule has 0 aliphatic rings. The first-order valence-corrected chi connectivity index (χ1v) is 10.2. The number of hydrogen-bond donors (Lipinski definition) is 0. The van der Waals surface area contributed by atoms with Crippen LogP contribution in [0.1, 0.15) is 15.9 Å². The smallest absolute Gasteiger partial charge is 0.195 e. The van der Waals surface area contributed by atoms with Gasteiger partial charge in [-0.3, -0.25) is 9.78 Å². The zero-order chi connectivity index (χ0) is 20.2. The van der Waals surface area contributed by atoms with Crippen LogP contribution in [0.5, 0.6) is 5.75 Å². The van der Waals surface area contributed by atoms with Crippen molar-refractivity contribution in [1.29, 1.82) is 0 Å². The number of hydrogen-bond acceptors (Lipinski definition) is 3. The zero-order valence-corrected chi connectivity index (χ0v) is 18.0. The highest BCUT2D eigenvalue weighted by molar-refractivity contribution is 14.1. The number of nitrogens with zero attached hydrogens (tertiary/aromatic N) is 1. The summed E-state index contributed by atoms with van der Waals surface area (Å²) in [6.45, 7) is 0. The van der Waals surface area contributed by atoms with Gasteiger partial charge >= 0.3 is 0 Å². The maximum Gasteiger partial charge on any atom is 0.195 e. The number of carbonyl (C=O) groups excluding carboxylic acids is 1. The van der Waals surface area contributed by atoms with Gasteiger partial charge in [-0.25, -0.2) is 0 Å². The van der Waals surface area contributed by atoms with Crippen LogP contribution < -0.4 is 4.74 Å². The number of benzene rings is 3. The molecule has 4 heteroatoms. The van der Waals surface area contributed by atoms with E-state index < -0.39 is 0 Å². The number of ketones is 1. The van der Waals surface area contributed by atoms with Crippen LogP contribution in [0.15, 0.2) is 91.1 Å². The number of ether oxygens (including phenoxy) is 1. The van der Waals surface area contributed by atoms with Crippen molar-refractivity contribution in [2.24, 2.45) is 0 Å². The monoisotopic (exact) mass is 491 g/mol. The molecule has 0 saturated heterocycles. The maximum absolute atomic E-state index is 13.6. The Hall–Kier alpha value is -2.99. The Labute approximate surface area is 183 Å². The maximum atomic E-state index is 13.6. The number of pyridine rings is 1. The molecule has 0 fully saturated rings. The molecule has 3 aromatic carbocycles. The van der Waals surface area contributed by atoms with Crippen molar-refractivity contribution in [2.45, 2.75) is 0 Å². The van der Waals surface area contributed by atoms with E-state index in [0.29, 0.717) is 16.8 Å². The van der Waals surface area contributed by atoms with Crippen molar-refractivity contribution in [3.05, 3.63) is 106 Å². The van der Waals surface area contributed by atoms with E-state index in [1.165, 1.54) is 0 Å². The number of methoxy groups -OCH3 is 1. The lowest BCUT2D eigenvalue weighted by Gasteiger charge is -2.16. The molecule has 142 valence electrons. The minimum Gasteiger partial charge on any atom is -0.497 e. The van der Waals surface area contributed by atoms with Gasteiger partial charge in [0.2, 0.25) is 0 Å². The number of aromatic nitrogens is 1. The van der Waals surface area contributed by atoms with Gasteiger partial charge in [-0.1, -0.05) is 60.7 Å². The molecule has 0 atom stereocenters. The fourth-order valence-electron chi connectivity index (χ4n) is 3.30. The largest absolute Gasteiger partial charge is 0.497 e. The lowest BCUT2D eigenvalue weighted by atomic mass is 9.91. The molecule has 3 nitrogen and oxygen atoms in total. The Morgan fingerprint density at radius 2 is 1.45 bits per heavy atom. The van der Waals surface area contributed by atoms with Crippen LogP contribution >= 0.6 is 22.6 Å². The molecule has 0 N–H and O–H groups in total.